The van der Waals surface area contributed by atoms with Crippen LogP contribution < -0.4 is 19.5 Å². The molecule has 0 bridgehead atoms. The minimum atomic E-state index is -3.76. The number of sulfonamides is 1. The van der Waals surface area contributed by atoms with Crippen LogP contribution in [0.5, 0.6) is 11.5 Å². The highest BCUT2D eigenvalue weighted by Gasteiger charge is 2.19. The van der Waals surface area contributed by atoms with Crippen molar-refractivity contribution in [1.82, 2.24) is 0 Å². The molecule has 7 nitrogen and oxygen atoms in total. The average Bonchev–Trinajstić information content (AvgIpc) is 2.55. The first-order chi connectivity index (χ1) is 11.4. The number of amides is 1. The van der Waals surface area contributed by atoms with Crippen LogP contribution >= 0.6 is 0 Å². The van der Waals surface area contributed by atoms with Crippen molar-refractivity contribution < 1.29 is 22.7 Å². The van der Waals surface area contributed by atoms with Gasteiger partial charge < -0.3 is 14.8 Å². The molecule has 126 valence electrons. The fourth-order valence-electron chi connectivity index (χ4n) is 2.23. The summed E-state index contributed by atoms with van der Waals surface area (Å²) in [6.45, 7) is 2.23. The molecule has 1 aliphatic heterocycles. The zero-order valence-electron chi connectivity index (χ0n) is 12.9. The summed E-state index contributed by atoms with van der Waals surface area (Å²) < 4.78 is 38.2. The van der Waals surface area contributed by atoms with Crippen LogP contribution in [0.3, 0.4) is 0 Å². The lowest BCUT2D eigenvalue weighted by Crippen LogP contribution is -2.17. The summed E-state index contributed by atoms with van der Waals surface area (Å²) >= 11 is 0. The van der Waals surface area contributed by atoms with Crippen molar-refractivity contribution in [3.8, 4) is 11.5 Å². The lowest BCUT2D eigenvalue weighted by molar-refractivity contribution is -0.114. The van der Waals surface area contributed by atoms with Crippen LogP contribution in [0.2, 0.25) is 0 Å². The molecule has 0 spiro atoms. The van der Waals surface area contributed by atoms with Crippen molar-refractivity contribution in [2.24, 2.45) is 0 Å². The summed E-state index contributed by atoms with van der Waals surface area (Å²) in [6.07, 6.45) is 0. The minimum Gasteiger partial charge on any atom is -0.486 e. The zero-order valence-corrected chi connectivity index (χ0v) is 13.7. The molecule has 1 aliphatic rings. The first kappa shape index (κ1) is 16.1. The molecule has 1 heterocycles. The molecule has 0 aliphatic carbocycles. The van der Waals surface area contributed by atoms with E-state index in [-0.39, 0.29) is 10.8 Å². The van der Waals surface area contributed by atoms with E-state index in [1.165, 1.54) is 19.1 Å². The summed E-state index contributed by atoms with van der Waals surface area (Å²) in [5, 5.41) is 2.61. The van der Waals surface area contributed by atoms with E-state index in [1.54, 1.807) is 30.3 Å². The number of nitrogens with one attached hydrogen (secondary N) is 2. The number of carbonyl (C=O) groups is 1. The van der Waals surface area contributed by atoms with E-state index in [0.717, 1.165) is 0 Å². The van der Waals surface area contributed by atoms with Gasteiger partial charge in [-0.15, -0.1) is 0 Å². The molecule has 1 amide bonds. The van der Waals surface area contributed by atoms with E-state index in [9.17, 15) is 13.2 Å². The van der Waals surface area contributed by atoms with Crippen molar-refractivity contribution in [1.29, 1.82) is 0 Å². The van der Waals surface area contributed by atoms with Gasteiger partial charge in [0.15, 0.2) is 11.5 Å². The summed E-state index contributed by atoms with van der Waals surface area (Å²) in [7, 11) is -3.76. The van der Waals surface area contributed by atoms with Gasteiger partial charge in [0.1, 0.15) is 13.2 Å². The highest BCUT2D eigenvalue weighted by atomic mass is 32.2. The number of hydrogen-bond acceptors (Lipinski definition) is 5. The summed E-state index contributed by atoms with van der Waals surface area (Å²) in [5.74, 6) is 0.740. The first-order valence-corrected chi connectivity index (χ1v) is 8.72. The quantitative estimate of drug-likeness (QED) is 0.884. The number of fused-ring (bicyclic) bond motifs is 1. The van der Waals surface area contributed by atoms with Crippen LogP contribution in [0.15, 0.2) is 47.4 Å². The van der Waals surface area contributed by atoms with Gasteiger partial charge in [-0.25, -0.2) is 8.42 Å². The third-order valence-electron chi connectivity index (χ3n) is 3.28. The number of rotatable bonds is 4. The van der Waals surface area contributed by atoms with Gasteiger partial charge in [-0.2, -0.15) is 0 Å². The van der Waals surface area contributed by atoms with E-state index < -0.39 is 10.0 Å². The Balaban J connectivity index is 1.79. The van der Waals surface area contributed by atoms with Crippen molar-refractivity contribution in [2.45, 2.75) is 11.8 Å². The normalized spacial score (nSPS) is 13.2. The van der Waals surface area contributed by atoms with Crippen molar-refractivity contribution in [3.63, 3.8) is 0 Å². The van der Waals surface area contributed by atoms with E-state index in [4.69, 9.17) is 9.47 Å². The molecule has 0 atom stereocenters. The van der Waals surface area contributed by atoms with E-state index >= 15 is 0 Å². The molecule has 3 rings (SSSR count). The van der Waals surface area contributed by atoms with Crippen LogP contribution in [0.1, 0.15) is 6.92 Å². The van der Waals surface area contributed by atoms with Crippen LogP contribution in [0.25, 0.3) is 0 Å². The van der Waals surface area contributed by atoms with Gasteiger partial charge in [0.2, 0.25) is 5.91 Å². The van der Waals surface area contributed by atoms with Crippen molar-refractivity contribution in [3.05, 3.63) is 42.5 Å². The fraction of sp³-hybridized carbons (Fsp3) is 0.188. The second-order valence-electron chi connectivity index (χ2n) is 5.17. The van der Waals surface area contributed by atoms with E-state index in [0.29, 0.717) is 36.1 Å². The smallest absolute Gasteiger partial charge is 0.262 e. The van der Waals surface area contributed by atoms with Gasteiger partial charge >= 0.3 is 0 Å². The lowest BCUT2D eigenvalue weighted by Gasteiger charge is -2.19. The molecule has 0 aromatic heterocycles. The second kappa shape index (κ2) is 6.40. The maximum atomic E-state index is 12.5. The molecule has 0 saturated heterocycles. The SMILES string of the molecule is CC(=O)Nc1ccc(NS(=O)(=O)c2ccc3c(c2)OCCO3)cc1. The zero-order chi connectivity index (χ0) is 17.2. The Morgan fingerprint density at radius 3 is 2.25 bits per heavy atom. The molecule has 2 aromatic rings. The Bertz CT molecular complexity index is 863. The molecule has 2 N–H and O–H groups in total. The van der Waals surface area contributed by atoms with Gasteiger partial charge in [0, 0.05) is 24.4 Å². The minimum absolute atomic E-state index is 0.0812. The summed E-state index contributed by atoms with van der Waals surface area (Å²) in [6, 6.07) is 10.8. The van der Waals surface area contributed by atoms with Gasteiger partial charge in [-0.3, -0.25) is 9.52 Å². The van der Waals surface area contributed by atoms with Crippen molar-refractivity contribution >= 4 is 27.3 Å². The molecule has 24 heavy (non-hydrogen) atoms. The standard InChI is InChI=1S/C16H16N2O5S/c1-11(19)17-12-2-4-13(5-3-12)18-24(20,21)14-6-7-15-16(10-14)23-9-8-22-15/h2-7,10,18H,8-9H2,1H3,(H,17,19). The maximum Gasteiger partial charge on any atom is 0.262 e. The van der Waals surface area contributed by atoms with Crippen molar-refractivity contribution in [2.75, 3.05) is 23.3 Å². The van der Waals surface area contributed by atoms with E-state index in [2.05, 4.69) is 10.0 Å². The van der Waals surface area contributed by atoms with Gasteiger partial charge in [0.05, 0.1) is 4.90 Å². The first-order valence-electron chi connectivity index (χ1n) is 7.24. The van der Waals surface area contributed by atoms with Crippen LogP contribution in [0, 0.1) is 0 Å². The number of benzene rings is 2. The van der Waals surface area contributed by atoms with Crippen LogP contribution in [0.4, 0.5) is 11.4 Å². The predicted octanol–water partition coefficient (Wildman–Crippen LogP) is 2.22. The Morgan fingerprint density at radius 2 is 1.58 bits per heavy atom. The summed E-state index contributed by atoms with van der Waals surface area (Å²) in [5.41, 5.74) is 0.976. The third kappa shape index (κ3) is 3.60. The Labute approximate surface area is 139 Å². The number of anilines is 2. The van der Waals surface area contributed by atoms with Gasteiger partial charge in [0.25, 0.3) is 10.0 Å². The van der Waals surface area contributed by atoms with Gasteiger partial charge in [-0.1, -0.05) is 0 Å². The average molecular weight is 348 g/mol. The number of carbonyl (C=O) groups excluding carboxylic acids is 1. The predicted molar refractivity (Wildman–Crippen MR) is 89.0 cm³/mol. The fourth-order valence-corrected chi connectivity index (χ4v) is 3.30. The van der Waals surface area contributed by atoms with Gasteiger partial charge in [-0.05, 0) is 36.4 Å². The molecule has 0 radical (unpaired) electrons. The lowest BCUT2D eigenvalue weighted by atomic mass is 10.3. The van der Waals surface area contributed by atoms with E-state index in [1.807, 2.05) is 0 Å². The molecular formula is C16H16N2O5S. The highest BCUT2D eigenvalue weighted by molar-refractivity contribution is 7.92. The highest BCUT2D eigenvalue weighted by Crippen LogP contribution is 2.32. The van der Waals surface area contributed by atoms with Crippen LogP contribution in [-0.2, 0) is 14.8 Å². The second-order valence-corrected chi connectivity index (χ2v) is 6.85. The maximum absolute atomic E-state index is 12.5. The molecule has 8 heteroatoms. The molecular weight excluding hydrogens is 332 g/mol. The monoisotopic (exact) mass is 348 g/mol. The Morgan fingerprint density at radius 1 is 0.958 bits per heavy atom. The molecule has 0 saturated carbocycles. The Kier molecular flexibility index (Phi) is 4.30. The third-order valence-corrected chi connectivity index (χ3v) is 4.66. The topological polar surface area (TPSA) is 93.7 Å². The molecule has 0 unspecified atom stereocenters. The summed E-state index contributed by atoms with van der Waals surface area (Å²) in [4.78, 5) is 11.1. The molecule has 0 fully saturated rings. The number of ether oxygens (including phenoxy) is 2. The molecule has 2 aromatic carbocycles. The largest absolute Gasteiger partial charge is 0.486 e. The number of hydrogen-bond donors (Lipinski definition) is 2. The Hall–Kier alpha value is -2.74. The van der Waals surface area contributed by atoms with Crippen LogP contribution in [-0.4, -0.2) is 27.5 Å².